The molecule has 1 N–H and O–H groups in total. The predicted molar refractivity (Wildman–Crippen MR) is 97.0 cm³/mol. The highest BCUT2D eigenvalue weighted by Gasteiger charge is 2.27. The maximum absolute atomic E-state index is 13.7. The zero-order chi connectivity index (χ0) is 18.9. The monoisotopic (exact) mass is 367 g/mol. The third kappa shape index (κ3) is 5.68. The lowest BCUT2D eigenvalue weighted by atomic mass is 9.97. The van der Waals surface area contributed by atoms with Gasteiger partial charge in [-0.3, -0.25) is 9.79 Å². The molecule has 1 aliphatic heterocycles. The molecule has 0 bridgehead atoms. The number of aliphatic imine (C=N–C) groups is 1. The molecular weight excluding hydrogens is 340 g/mol. The van der Waals surface area contributed by atoms with Gasteiger partial charge in [0.05, 0.1) is 12.5 Å². The summed E-state index contributed by atoms with van der Waals surface area (Å²) in [6.45, 7) is 6.78. The standard InChI is InChI=1S/C19H27F2N3O2/c1-3-22-19(23-10-7-14-5-6-16(20)13-17(14)21)24-11-8-15(9-12-24)18(25)26-4-2/h5-6,13,15H,3-4,7-12H2,1-2H3,(H,22,23). The van der Waals surface area contributed by atoms with Crippen LogP contribution < -0.4 is 5.32 Å². The number of benzene rings is 1. The van der Waals surface area contributed by atoms with E-state index < -0.39 is 11.6 Å². The normalized spacial score (nSPS) is 15.8. The van der Waals surface area contributed by atoms with Crippen LogP contribution in [0.15, 0.2) is 23.2 Å². The van der Waals surface area contributed by atoms with E-state index in [0.29, 0.717) is 25.1 Å². The van der Waals surface area contributed by atoms with Gasteiger partial charge in [0.25, 0.3) is 0 Å². The van der Waals surface area contributed by atoms with Gasteiger partial charge in [-0.15, -0.1) is 0 Å². The molecule has 0 spiro atoms. The first-order valence-corrected chi connectivity index (χ1v) is 9.19. The van der Waals surface area contributed by atoms with Gasteiger partial charge in [-0.1, -0.05) is 6.07 Å². The van der Waals surface area contributed by atoms with Gasteiger partial charge in [0.2, 0.25) is 0 Å². The van der Waals surface area contributed by atoms with Gasteiger partial charge >= 0.3 is 5.97 Å². The molecule has 0 aromatic heterocycles. The van der Waals surface area contributed by atoms with E-state index in [0.717, 1.165) is 44.5 Å². The minimum Gasteiger partial charge on any atom is -0.466 e. The summed E-state index contributed by atoms with van der Waals surface area (Å²) in [7, 11) is 0. The van der Waals surface area contributed by atoms with Gasteiger partial charge in [-0.05, 0) is 44.7 Å². The molecule has 144 valence electrons. The molecule has 0 saturated carbocycles. The molecule has 0 radical (unpaired) electrons. The average Bonchev–Trinajstić information content (AvgIpc) is 2.63. The van der Waals surface area contributed by atoms with Crippen molar-refractivity contribution in [3.05, 3.63) is 35.4 Å². The SMILES string of the molecule is CCNC(=NCCc1ccc(F)cc1F)N1CCC(C(=O)OCC)CC1. The Labute approximate surface area is 153 Å². The molecule has 1 heterocycles. The number of piperidine rings is 1. The highest BCUT2D eigenvalue weighted by atomic mass is 19.1. The van der Waals surface area contributed by atoms with Gasteiger partial charge in [-0.2, -0.15) is 0 Å². The minimum atomic E-state index is -0.576. The molecule has 1 saturated heterocycles. The second kappa shape index (κ2) is 10.1. The third-order valence-electron chi connectivity index (χ3n) is 4.41. The quantitative estimate of drug-likeness (QED) is 0.477. The van der Waals surface area contributed by atoms with E-state index in [2.05, 4.69) is 15.2 Å². The van der Waals surface area contributed by atoms with Crippen molar-refractivity contribution in [1.82, 2.24) is 10.2 Å². The highest BCUT2D eigenvalue weighted by Crippen LogP contribution is 2.19. The van der Waals surface area contributed by atoms with Crippen LogP contribution in [-0.2, 0) is 16.0 Å². The lowest BCUT2D eigenvalue weighted by molar-refractivity contribution is -0.149. The zero-order valence-corrected chi connectivity index (χ0v) is 15.4. The Morgan fingerprint density at radius 3 is 2.65 bits per heavy atom. The Hall–Kier alpha value is -2.18. The molecule has 0 amide bonds. The summed E-state index contributed by atoms with van der Waals surface area (Å²) in [5.41, 5.74) is 0.451. The first-order valence-electron chi connectivity index (χ1n) is 9.19. The summed E-state index contributed by atoms with van der Waals surface area (Å²) in [6.07, 6.45) is 1.87. The van der Waals surface area contributed by atoms with Crippen molar-refractivity contribution in [2.24, 2.45) is 10.9 Å². The second-order valence-corrected chi connectivity index (χ2v) is 6.23. The van der Waals surface area contributed by atoms with Crippen LogP contribution in [0.25, 0.3) is 0 Å². The molecule has 1 fully saturated rings. The van der Waals surface area contributed by atoms with E-state index >= 15 is 0 Å². The Morgan fingerprint density at radius 2 is 2.04 bits per heavy atom. The lowest BCUT2D eigenvalue weighted by Gasteiger charge is -2.33. The van der Waals surface area contributed by atoms with Gasteiger partial charge < -0.3 is 15.0 Å². The maximum atomic E-state index is 13.7. The van der Waals surface area contributed by atoms with Crippen molar-refractivity contribution in [2.45, 2.75) is 33.1 Å². The van der Waals surface area contributed by atoms with Gasteiger partial charge in [0, 0.05) is 32.2 Å². The molecule has 1 aromatic carbocycles. The molecule has 26 heavy (non-hydrogen) atoms. The van der Waals surface area contributed by atoms with Gasteiger partial charge in [0.15, 0.2) is 5.96 Å². The summed E-state index contributed by atoms with van der Waals surface area (Å²) >= 11 is 0. The molecule has 0 aliphatic carbocycles. The molecule has 0 unspecified atom stereocenters. The number of likely N-dealkylation sites (tertiary alicyclic amines) is 1. The number of halogens is 2. The molecule has 0 atom stereocenters. The lowest BCUT2D eigenvalue weighted by Crippen LogP contribution is -2.46. The van der Waals surface area contributed by atoms with Crippen LogP contribution >= 0.6 is 0 Å². The summed E-state index contributed by atoms with van der Waals surface area (Å²) in [5.74, 6) is -0.534. The number of esters is 1. The fraction of sp³-hybridized carbons (Fsp3) is 0.579. The number of carbonyl (C=O) groups excluding carboxylic acids is 1. The molecule has 1 aliphatic rings. The van der Waals surface area contributed by atoms with E-state index in [1.54, 1.807) is 0 Å². The Bertz CT molecular complexity index is 629. The molecule has 7 heteroatoms. The summed E-state index contributed by atoms with van der Waals surface area (Å²) < 4.78 is 31.8. The molecular formula is C19H27F2N3O2. The van der Waals surface area contributed by atoms with Crippen LogP contribution in [0.4, 0.5) is 8.78 Å². The van der Waals surface area contributed by atoms with E-state index in [4.69, 9.17) is 4.74 Å². The van der Waals surface area contributed by atoms with Crippen LogP contribution in [-0.4, -0.2) is 49.6 Å². The second-order valence-electron chi connectivity index (χ2n) is 6.23. The number of rotatable bonds is 6. The molecule has 1 aromatic rings. The Balaban J connectivity index is 1.91. The number of hydrogen-bond acceptors (Lipinski definition) is 3. The largest absolute Gasteiger partial charge is 0.466 e. The van der Waals surface area contributed by atoms with E-state index in [1.165, 1.54) is 12.1 Å². The topological polar surface area (TPSA) is 53.9 Å². The summed E-state index contributed by atoms with van der Waals surface area (Å²) in [5, 5.41) is 3.24. The first-order chi connectivity index (χ1) is 12.5. The smallest absolute Gasteiger partial charge is 0.309 e. The maximum Gasteiger partial charge on any atom is 0.309 e. The predicted octanol–water partition coefficient (Wildman–Crippen LogP) is 2.75. The molecule has 5 nitrogen and oxygen atoms in total. The fourth-order valence-corrected chi connectivity index (χ4v) is 3.02. The van der Waals surface area contributed by atoms with Crippen LogP contribution in [0.1, 0.15) is 32.3 Å². The summed E-state index contributed by atoms with van der Waals surface area (Å²) in [4.78, 5) is 18.5. The van der Waals surface area contributed by atoms with Gasteiger partial charge in [-0.25, -0.2) is 8.78 Å². The average molecular weight is 367 g/mol. The number of ether oxygens (including phenoxy) is 1. The number of nitrogens with zero attached hydrogens (tertiary/aromatic N) is 2. The highest BCUT2D eigenvalue weighted by molar-refractivity contribution is 5.80. The fourth-order valence-electron chi connectivity index (χ4n) is 3.02. The zero-order valence-electron chi connectivity index (χ0n) is 15.4. The van der Waals surface area contributed by atoms with Crippen LogP contribution in [0.3, 0.4) is 0 Å². The van der Waals surface area contributed by atoms with Crippen molar-refractivity contribution in [1.29, 1.82) is 0 Å². The third-order valence-corrected chi connectivity index (χ3v) is 4.41. The van der Waals surface area contributed by atoms with Crippen molar-refractivity contribution >= 4 is 11.9 Å². The van der Waals surface area contributed by atoms with E-state index in [-0.39, 0.29) is 11.9 Å². The van der Waals surface area contributed by atoms with Crippen molar-refractivity contribution < 1.29 is 18.3 Å². The van der Waals surface area contributed by atoms with E-state index in [9.17, 15) is 13.6 Å². The number of carbonyl (C=O) groups is 1. The number of nitrogens with one attached hydrogen (secondary N) is 1. The van der Waals surface area contributed by atoms with Crippen molar-refractivity contribution in [2.75, 3.05) is 32.8 Å². The summed E-state index contributed by atoms with van der Waals surface area (Å²) in [6, 6.07) is 3.61. The van der Waals surface area contributed by atoms with Crippen molar-refractivity contribution in [3.8, 4) is 0 Å². The molecule has 2 rings (SSSR count). The van der Waals surface area contributed by atoms with Crippen molar-refractivity contribution in [3.63, 3.8) is 0 Å². The number of hydrogen-bond donors (Lipinski definition) is 1. The first kappa shape index (κ1) is 20.1. The Kier molecular flexibility index (Phi) is 7.81. The Morgan fingerprint density at radius 1 is 1.31 bits per heavy atom. The van der Waals surface area contributed by atoms with E-state index in [1.807, 2.05) is 13.8 Å². The van der Waals surface area contributed by atoms with Crippen LogP contribution in [0.5, 0.6) is 0 Å². The van der Waals surface area contributed by atoms with Crippen LogP contribution in [0.2, 0.25) is 0 Å². The van der Waals surface area contributed by atoms with Gasteiger partial charge in [0.1, 0.15) is 11.6 Å². The number of guanidine groups is 1. The van der Waals surface area contributed by atoms with Crippen LogP contribution in [0, 0.1) is 17.6 Å². The minimum absolute atomic E-state index is 0.0533.